The predicted octanol–water partition coefficient (Wildman–Crippen LogP) is 2.73. The summed E-state index contributed by atoms with van der Waals surface area (Å²) in [6, 6.07) is 10.5. The van der Waals surface area contributed by atoms with Crippen LogP contribution in [0.5, 0.6) is 0 Å². The van der Waals surface area contributed by atoms with E-state index in [1.165, 1.54) is 25.3 Å². The standard InChI is InChI=1S/C23H31N5O2/c1-16-8-6-9-17(2)26(16)13-7-12-24-22(30)15-27-20-11-5-4-10-19(20)23-25-21(29)14-18(3)28(23)27/h4-5,10-11,14,16-17H,6-9,12-13,15H2,1-3H3,(H,24,30)/t16-,17-/m0/s1. The molecule has 160 valence electrons. The first kappa shape index (κ1) is 20.6. The summed E-state index contributed by atoms with van der Waals surface area (Å²) in [6.07, 6.45) is 4.79. The quantitative estimate of drug-likeness (QED) is 0.636. The minimum atomic E-state index is -0.263. The largest absolute Gasteiger partial charge is 0.354 e. The fraction of sp³-hybridized carbons (Fsp3) is 0.522. The number of aryl methyl sites for hydroxylation is 1. The van der Waals surface area contributed by atoms with Gasteiger partial charge in [0.2, 0.25) is 5.91 Å². The summed E-state index contributed by atoms with van der Waals surface area (Å²) in [5, 5.41) is 3.94. The van der Waals surface area contributed by atoms with E-state index in [0.29, 0.717) is 24.3 Å². The van der Waals surface area contributed by atoms with E-state index in [0.717, 1.165) is 29.6 Å². The molecule has 2 aromatic heterocycles. The van der Waals surface area contributed by atoms with E-state index in [4.69, 9.17) is 0 Å². The first-order chi connectivity index (χ1) is 14.5. The zero-order valence-corrected chi connectivity index (χ0v) is 18.1. The number of rotatable bonds is 6. The molecule has 0 spiro atoms. The van der Waals surface area contributed by atoms with Gasteiger partial charge in [0, 0.05) is 42.3 Å². The number of nitrogens with zero attached hydrogens (tertiary/aromatic N) is 4. The molecule has 4 rings (SSSR count). The van der Waals surface area contributed by atoms with Crippen molar-refractivity contribution in [3.8, 4) is 0 Å². The van der Waals surface area contributed by atoms with Crippen LogP contribution in [-0.2, 0) is 11.3 Å². The molecule has 3 aromatic rings. The molecule has 2 atom stereocenters. The zero-order valence-electron chi connectivity index (χ0n) is 18.1. The van der Waals surface area contributed by atoms with Gasteiger partial charge < -0.3 is 5.32 Å². The molecule has 7 heteroatoms. The van der Waals surface area contributed by atoms with Gasteiger partial charge in [0.15, 0.2) is 5.65 Å². The molecule has 1 N–H and O–H groups in total. The summed E-state index contributed by atoms with van der Waals surface area (Å²) in [4.78, 5) is 31.4. The van der Waals surface area contributed by atoms with Crippen LogP contribution in [0.2, 0.25) is 0 Å². The van der Waals surface area contributed by atoms with Crippen molar-refractivity contribution in [1.29, 1.82) is 0 Å². The average molecular weight is 410 g/mol. The van der Waals surface area contributed by atoms with Crippen molar-refractivity contribution < 1.29 is 4.79 Å². The number of benzene rings is 1. The van der Waals surface area contributed by atoms with Crippen LogP contribution in [0.15, 0.2) is 35.1 Å². The number of nitrogens with one attached hydrogen (secondary N) is 1. The molecule has 3 heterocycles. The van der Waals surface area contributed by atoms with E-state index in [9.17, 15) is 9.59 Å². The zero-order chi connectivity index (χ0) is 21.3. The first-order valence-electron chi connectivity index (χ1n) is 11.0. The molecule has 0 bridgehead atoms. The topological polar surface area (TPSA) is 71.6 Å². The first-order valence-corrected chi connectivity index (χ1v) is 11.0. The average Bonchev–Trinajstić information content (AvgIpc) is 3.01. The molecule has 1 aromatic carbocycles. The Morgan fingerprint density at radius 2 is 1.93 bits per heavy atom. The summed E-state index contributed by atoms with van der Waals surface area (Å²) >= 11 is 0. The number of amides is 1. The Labute approximate surface area is 176 Å². The lowest BCUT2D eigenvalue weighted by Crippen LogP contribution is -2.44. The highest BCUT2D eigenvalue weighted by atomic mass is 16.2. The second-order valence-corrected chi connectivity index (χ2v) is 8.52. The van der Waals surface area contributed by atoms with Crippen LogP contribution in [0.1, 0.15) is 45.2 Å². The van der Waals surface area contributed by atoms with Gasteiger partial charge >= 0.3 is 0 Å². The van der Waals surface area contributed by atoms with Gasteiger partial charge in [0.05, 0.1) is 5.52 Å². The third-order valence-corrected chi connectivity index (χ3v) is 6.33. The van der Waals surface area contributed by atoms with Crippen LogP contribution in [0.25, 0.3) is 16.6 Å². The monoisotopic (exact) mass is 409 g/mol. The van der Waals surface area contributed by atoms with E-state index in [-0.39, 0.29) is 18.0 Å². The van der Waals surface area contributed by atoms with Gasteiger partial charge in [0.1, 0.15) is 6.54 Å². The van der Waals surface area contributed by atoms with Gasteiger partial charge in [-0.25, -0.2) is 4.52 Å². The summed E-state index contributed by atoms with van der Waals surface area (Å²) in [5.41, 5.74) is 1.99. The number of fused-ring (bicyclic) bond motifs is 3. The Balaban J connectivity index is 1.45. The smallest absolute Gasteiger partial charge is 0.273 e. The van der Waals surface area contributed by atoms with Gasteiger partial charge in [-0.2, -0.15) is 4.98 Å². The number of carbonyl (C=O) groups excluding carboxylic acids is 1. The molecule has 1 fully saturated rings. The summed E-state index contributed by atoms with van der Waals surface area (Å²) in [7, 11) is 0. The highest BCUT2D eigenvalue weighted by molar-refractivity contribution is 5.93. The Morgan fingerprint density at radius 1 is 1.20 bits per heavy atom. The molecule has 1 amide bonds. The number of hydrogen-bond acceptors (Lipinski definition) is 4. The van der Waals surface area contributed by atoms with Crippen molar-refractivity contribution >= 4 is 22.5 Å². The van der Waals surface area contributed by atoms with E-state index < -0.39 is 0 Å². The summed E-state index contributed by atoms with van der Waals surface area (Å²) in [5.74, 6) is -0.0319. The minimum Gasteiger partial charge on any atom is -0.354 e. The fourth-order valence-corrected chi connectivity index (χ4v) is 4.82. The van der Waals surface area contributed by atoms with Gasteiger partial charge in [0.25, 0.3) is 5.56 Å². The third kappa shape index (κ3) is 3.99. The van der Waals surface area contributed by atoms with Crippen molar-refractivity contribution in [3.63, 3.8) is 0 Å². The normalized spacial score (nSPS) is 20.1. The van der Waals surface area contributed by atoms with Crippen molar-refractivity contribution in [2.75, 3.05) is 13.1 Å². The molecule has 0 aliphatic carbocycles. The fourth-order valence-electron chi connectivity index (χ4n) is 4.82. The lowest BCUT2D eigenvalue weighted by atomic mass is 9.97. The second kappa shape index (κ2) is 8.60. The number of piperidine rings is 1. The molecule has 7 nitrogen and oxygen atoms in total. The molecular weight excluding hydrogens is 378 g/mol. The maximum atomic E-state index is 12.7. The highest BCUT2D eigenvalue weighted by Gasteiger charge is 2.23. The Kier molecular flexibility index (Phi) is 5.90. The predicted molar refractivity (Wildman–Crippen MR) is 119 cm³/mol. The Bertz CT molecular complexity index is 1110. The molecule has 1 saturated heterocycles. The summed E-state index contributed by atoms with van der Waals surface area (Å²) < 4.78 is 3.76. The van der Waals surface area contributed by atoms with Gasteiger partial charge in [-0.05, 0) is 52.2 Å². The molecule has 0 unspecified atom stereocenters. The van der Waals surface area contributed by atoms with Crippen LogP contribution in [-0.4, -0.2) is 50.2 Å². The minimum absolute atomic E-state index is 0.0319. The van der Waals surface area contributed by atoms with Crippen LogP contribution in [0.3, 0.4) is 0 Å². The number of likely N-dealkylation sites (tertiary alicyclic amines) is 1. The van der Waals surface area contributed by atoms with Crippen molar-refractivity contribution in [2.24, 2.45) is 0 Å². The molecule has 0 radical (unpaired) electrons. The molecule has 0 saturated carbocycles. The number of carbonyl (C=O) groups is 1. The van der Waals surface area contributed by atoms with Gasteiger partial charge in [-0.15, -0.1) is 0 Å². The van der Waals surface area contributed by atoms with Crippen LogP contribution >= 0.6 is 0 Å². The van der Waals surface area contributed by atoms with Crippen molar-refractivity contribution in [1.82, 2.24) is 24.4 Å². The molecule has 1 aliphatic heterocycles. The number of para-hydroxylation sites is 1. The maximum Gasteiger partial charge on any atom is 0.273 e. The van der Waals surface area contributed by atoms with E-state index in [2.05, 4.69) is 29.0 Å². The van der Waals surface area contributed by atoms with Crippen LogP contribution in [0.4, 0.5) is 0 Å². The van der Waals surface area contributed by atoms with E-state index in [1.807, 2.05) is 40.4 Å². The second-order valence-electron chi connectivity index (χ2n) is 8.52. The number of hydrogen-bond donors (Lipinski definition) is 1. The molecule has 1 aliphatic rings. The molecular formula is C23H31N5O2. The SMILES string of the molecule is Cc1cc(=O)nc2c3ccccc3n(CC(=O)NCCCN3[C@@H](C)CCC[C@@H]3C)n12. The van der Waals surface area contributed by atoms with Crippen LogP contribution < -0.4 is 10.9 Å². The van der Waals surface area contributed by atoms with Gasteiger partial charge in [-0.3, -0.25) is 19.2 Å². The van der Waals surface area contributed by atoms with Crippen molar-refractivity contribution in [2.45, 2.75) is 65.1 Å². The number of aromatic nitrogens is 3. The Hall–Kier alpha value is -2.67. The van der Waals surface area contributed by atoms with Gasteiger partial charge in [-0.1, -0.05) is 18.6 Å². The van der Waals surface area contributed by atoms with E-state index in [1.54, 1.807) is 0 Å². The van der Waals surface area contributed by atoms with E-state index >= 15 is 0 Å². The Morgan fingerprint density at radius 3 is 2.70 bits per heavy atom. The lowest BCUT2D eigenvalue weighted by molar-refractivity contribution is -0.121. The maximum absolute atomic E-state index is 12.7. The molecule has 30 heavy (non-hydrogen) atoms. The lowest BCUT2D eigenvalue weighted by Gasteiger charge is -2.39. The highest BCUT2D eigenvalue weighted by Crippen LogP contribution is 2.23. The van der Waals surface area contributed by atoms with Crippen LogP contribution in [0, 0.1) is 6.92 Å². The third-order valence-electron chi connectivity index (χ3n) is 6.33. The van der Waals surface area contributed by atoms with Crippen molar-refractivity contribution in [3.05, 3.63) is 46.4 Å². The summed E-state index contributed by atoms with van der Waals surface area (Å²) in [6.45, 7) is 8.34.